The Hall–Kier alpha value is -0.830. The molecule has 1 amide bonds. The van der Waals surface area contributed by atoms with Crippen LogP contribution in [0.3, 0.4) is 0 Å². The Morgan fingerprint density at radius 3 is 2.67 bits per heavy atom. The summed E-state index contributed by atoms with van der Waals surface area (Å²) < 4.78 is 0. The molecule has 0 aliphatic carbocycles. The number of nitrogens with one attached hydrogen (secondary N) is 1. The molecule has 0 heterocycles. The molecule has 0 saturated carbocycles. The molecule has 3 heteroatoms. The van der Waals surface area contributed by atoms with Crippen molar-refractivity contribution in [3.8, 4) is 0 Å². The molecular formula is C15H22BrNO. The van der Waals surface area contributed by atoms with Crippen molar-refractivity contribution >= 4 is 21.8 Å². The van der Waals surface area contributed by atoms with Crippen molar-refractivity contribution in [1.82, 2.24) is 5.32 Å². The maximum atomic E-state index is 11.6. The van der Waals surface area contributed by atoms with Gasteiger partial charge in [-0.15, -0.1) is 0 Å². The van der Waals surface area contributed by atoms with E-state index in [0.717, 1.165) is 32.2 Å². The Balaban J connectivity index is 2.03. The molecule has 0 aromatic heterocycles. The molecule has 1 aromatic rings. The Morgan fingerprint density at radius 2 is 2.00 bits per heavy atom. The fourth-order valence-corrected chi connectivity index (χ4v) is 2.12. The molecule has 0 bridgehead atoms. The van der Waals surface area contributed by atoms with E-state index in [4.69, 9.17) is 0 Å². The Morgan fingerprint density at radius 1 is 1.28 bits per heavy atom. The summed E-state index contributed by atoms with van der Waals surface area (Å²) in [6, 6.07) is 10.3. The molecule has 1 unspecified atom stereocenters. The van der Waals surface area contributed by atoms with Crippen molar-refractivity contribution in [3.05, 3.63) is 35.9 Å². The van der Waals surface area contributed by atoms with E-state index in [1.54, 1.807) is 0 Å². The van der Waals surface area contributed by atoms with E-state index < -0.39 is 0 Å². The lowest BCUT2D eigenvalue weighted by Gasteiger charge is -2.06. The minimum Gasteiger partial charge on any atom is -0.356 e. The van der Waals surface area contributed by atoms with Gasteiger partial charge in [0.05, 0.1) is 0 Å². The summed E-state index contributed by atoms with van der Waals surface area (Å²) >= 11 is 3.50. The van der Waals surface area contributed by atoms with Crippen LogP contribution < -0.4 is 5.32 Å². The van der Waals surface area contributed by atoms with Crippen molar-refractivity contribution in [2.45, 2.75) is 43.9 Å². The van der Waals surface area contributed by atoms with Gasteiger partial charge in [-0.25, -0.2) is 0 Å². The quantitative estimate of drug-likeness (QED) is 0.576. The number of amides is 1. The lowest BCUT2D eigenvalue weighted by Crippen LogP contribution is -2.24. The normalized spacial score (nSPS) is 12.1. The Kier molecular flexibility index (Phi) is 7.74. The molecule has 1 aromatic carbocycles. The van der Waals surface area contributed by atoms with E-state index in [2.05, 4.69) is 40.3 Å². The highest BCUT2D eigenvalue weighted by Crippen LogP contribution is 2.06. The number of aryl methyl sites for hydroxylation is 1. The van der Waals surface area contributed by atoms with Gasteiger partial charge in [0.1, 0.15) is 0 Å². The van der Waals surface area contributed by atoms with Crippen molar-refractivity contribution in [2.24, 2.45) is 0 Å². The molecule has 0 aliphatic heterocycles. The van der Waals surface area contributed by atoms with Crippen molar-refractivity contribution in [1.29, 1.82) is 0 Å². The van der Waals surface area contributed by atoms with Gasteiger partial charge in [-0.3, -0.25) is 4.79 Å². The zero-order valence-electron chi connectivity index (χ0n) is 11.0. The fraction of sp³-hybridized carbons (Fsp3) is 0.533. The summed E-state index contributed by atoms with van der Waals surface area (Å²) in [5, 5.41) is 2.96. The number of carbonyl (C=O) groups is 1. The topological polar surface area (TPSA) is 29.1 Å². The van der Waals surface area contributed by atoms with Gasteiger partial charge >= 0.3 is 0 Å². The summed E-state index contributed by atoms with van der Waals surface area (Å²) in [7, 11) is 0. The van der Waals surface area contributed by atoms with Crippen LogP contribution in [0.25, 0.3) is 0 Å². The number of benzene rings is 1. The van der Waals surface area contributed by atoms with Gasteiger partial charge in [0.15, 0.2) is 0 Å². The molecule has 0 radical (unpaired) electrons. The third-order valence-electron chi connectivity index (χ3n) is 2.81. The standard InChI is InChI=1S/C15H22BrNO/c1-13(16)7-6-12-17-15(18)11-5-10-14-8-3-2-4-9-14/h2-4,8-9,13H,5-7,10-12H2,1H3,(H,17,18). The largest absolute Gasteiger partial charge is 0.356 e. The molecule has 0 fully saturated rings. The van der Waals surface area contributed by atoms with E-state index in [1.807, 2.05) is 18.2 Å². The molecule has 1 N–H and O–H groups in total. The van der Waals surface area contributed by atoms with Gasteiger partial charge in [-0.1, -0.05) is 53.2 Å². The first-order chi connectivity index (χ1) is 8.68. The van der Waals surface area contributed by atoms with Gasteiger partial charge in [0, 0.05) is 17.8 Å². The van der Waals surface area contributed by atoms with Crippen LogP contribution in [-0.2, 0) is 11.2 Å². The second-order valence-electron chi connectivity index (χ2n) is 4.61. The van der Waals surface area contributed by atoms with E-state index in [-0.39, 0.29) is 5.91 Å². The van der Waals surface area contributed by atoms with Crippen LogP contribution in [0.1, 0.15) is 38.2 Å². The summed E-state index contributed by atoms with van der Waals surface area (Å²) in [6.07, 6.45) is 4.66. The Bertz CT molecular complexity index is 338. The zero-order chi connectivity index (χ0) is 13.2. The molecule has 0 saturated heterocycles. The third kappa shape index (κ3) is 7.49. The molecule has 2 nitrogen and oxygen atoms in total. The molecule has 100 valence electrons. The Labute approximate surface area is 118 Å². The minimum atomic E-state index is 0.174. The number of halogens is 1. The average Bonchev–Trinajstić information content (AvgIpc) is 2.36. The number of rotatable bonds is 8. The lowest BCUT2D eigenvalue weighted by atomic mass is 10.1. The van der Waals surface area contributed by atoms with Crippen LogP contribution in [-0.4, -0.2) is 17.3 Å². The van der Waals surface area contributed by atoms with Gasteiger partial charge in [0.25, 0.3) is 0 Å². The second kappa shape index (κ2) is 9.15. The highest BCUT2D eigenvalue weighted by molar-refractivity contribution is 9.09. The zero-order valence-corrected chi connectivity index (χ0v) is 12.6. The minimum absolute atomic E-state index is 0.174. The van der Waals surface area contributed by atoms with Crippen LogP contribution in [0.4, 0.5) is 0 Å². The number of carbonyl (C=O) groups excluding carboxylic acids is 1. The van der Waals surface area contributed by atoms with Gasteiger partial charge in [0.2, 0.25) is 5.91 Å². The van der Waals surface area contributed by atoms with Crippen molar-refractivity contribution in [2.75, 3.05) is 6.54 Å². The summed E-state index contributed by atoms with van der Waals surface area (Å²) in [5.41, 5.74) is 1.30. The first-order valence-corrected chi connectivity index (χ1v) is 7.54. The van der Waals surface area contributed by atoms with Crippen molar-refractivity contribution in [3.63, 3.8) is 0 Å². The predicted octanol–water partition coefficient (Wildman–Crippen LogP) is 3.69. The second-order valence-corrected chi connectivity index (χ2v) is 6.18. The molecule has 1 atom stereocenters. The SMILES string of the molecule is CC(Br)CCCNC(=O)CCCc1ccccc1. The number of hydrogen-bond acceptors (Lipinski definition) is 1. The van der Waals surface area contributed by atoms with Gasteiger partial charge < -0.3 is 5.32 Å². The van der Waals surface area contributed by atoms with Crippen LogP contribution >= 0.6 is 15.9 Å². The monoisotopic (exact) mass is 311 g/mol. The highest BCUT2D eigenvalue weighted by atomic mass is 79.9. The van der Waals surface area contributed by atoms with Gasteiger partial charge in [-0.05, 0) is 31.2 Å². The summed E-state index contributed by atoms with van der Waals surface area (Å²) in [6.45, 7) is 2.92. The number of hydrogen-bond donors (Lipinski definition) is 1. The maximum absolute atomic E-state index is 11.6. The van der Waals surface area contributed by atoms with E-state index >= 15 is 0 Å². The molecule has 18 heavy (non-hydrogen) atoms. The van der Waals surface area contributed by atoms with Crippen molar-refractivity contribution < 1.29 is 4.79 Å². The van der Waals surface area contributed by atoms with E-state index in [9.17, 15) is 4.79 Å². The average molecular weight is 312 g/mol. The molecule has 1 rings (SSSR count). The van der Waals surface area contributed by atoms with Crippen LogP contribution in [0.2, 0.25) is 0 Å². The van der Waals surface area contributed by atoms with Crippen LogP contribution in [0.5, 0.6) is 0 Å². The van der Waals surface area contributed by atoms with E-state index in [0.29, 0.717) is 11.2 Å². The predicted molar refractivity (Wildman–Crippen MR) is 80.0 cm³/mol. The maximum Gasteiger partial charge on any atom is 0.220 e. The summed E-state index contributed by atoms with van der Waals surface area (Å²) in [5.74, 6) is 0.174. The molecule has 0 aliphatic rings. The first-order valence-electron chi connectivity index (χ1n) is 6.63. The molecular weight excluding hydrogens is 290 g/mol. The van der Waals surface area contributed by atoms with Crippen LogP contribution in [0, 0.1) is 0 Å². The van der Waals surface area contributed by atoms with Crippen LogP contribution in [0.15, 0.2) is 30.3 Å². The summed E-state index contributed by atoms with van der Waals surface area (Å²) in [4.78, 5) is 12.1. The molecule has 0 spiro atoms. The van der Waals surface area contributed by atoms with E-state index in [1.165, 1.54) is 5.56 Å². The lowest BCUT2D eigenvalue weighted by molar-refractivity contribution is -0.121. The number of alkyl halides is 1. The first kappa shape index (κ1) is 15.2. The fourth-order valence-electron chi connectivity index (χ4n) is 1.80. The third-order valence-corrected chi connectivity index (χ3v) is 3.27. The van der Waals surface area contributed by atoms with Gasteiger partial charge in [-0.2, -0.15) is 0 Å². The highest BCUT2D eigenvalue weighted by Gasteiger charge is 2.01. The smallest absolute Gasteiger partial charge is 0.220 e.